The van der Waals surface area contributed by atoms with E-state index >= 15 is 0 Å². The van der Waals surface area contributed by atoms with Crippen molar-refractivity contribution in [3.05, 3.63) is 149 Å². The first-order chi connectivity index (χ1) is 36.7. The number of hydrogen-bond donors (Lipinski definition) is 4. The molecule has 398 valence electrons. The van der Waals surface area contributed by atoms with E-state index in [-0.39, 0.29) is 57.7 Å². The number of ether oxygens (including phenoxy) is 5. The number of nitrogens with zero attached hydrogens (tertiary/aromatic N) is 4. The summed E-state index contributed by atoms with van der Waals surface area (Å²) in [7, 11) is 0. The van der Waals surface area contributed by atoms with Crippen LogP contribution in [0.15, 0.2) is 121 Å². The summed E-state index contributed by atoms with van der Waals surface area (Å²) in [6.45, 7) is 9.22. The maximum absolute atomic E-state index is 14.0. The van der Waals surface area contributed by atoms with E-state index in [2.05, 4.69) is 30.9 Å². The van der Waals surface area contributed by atoms with Crippen LogP contribution in [0.25, 0.3) is 32.5 Å². The SMILES string of the molecule is Cc1ncsc1-c1ccc(CNC(=O)[C@@H]2C[C@@H](O)CN2C(=O)[C@@H](NC(=O)COCCOCCOCCOc2ccc(-c3ccc4ncnc(Nc5ccc(OCc6cccc(F)c6)c(Cl)c5)c4c3)cc2)C(C)(C)C)cc1. The summed E-state index contributed by atoms with van der Waals surface area (Å²) in [5.74, 6) is 0.116. The normalized spacial score (nSPS) is 14.9. The zero-order valence-corrected chi connectivity index (χ0v) is 44.3. The van der Waals surface area contributed by atoms with Crippen LogP contribution in [0.5, 0.6) is 11.5 Å². The molecule has 0 unspecified atom stereocenters. The first-order valence-electron chi connectivity index (χ1n) is 24.9. The van der Waals surface area contributed by atoms with Crippen LogP contribution in [-0.4, -0.2) is 114 Å². The summed E-state index contributed by atoms with van der Waals surface area (Å²) in [6, 6.07) is 31.3. The fourth-order valence-corrected chi connectivity index (χ4v) is 9.55. The van der Waals surface area contributed by atoms with Gasteiger partial charge in [-0.15, -0.1) is 11.3 Å². The van der Waals surface area contributed by atoms with Gasteiger partial charge in [-0.1, -0.05) is 87.0 Å². The van der Waals surface area contributed by atoms with Gasteiger partial charge in [0.15, 0.2) is 0 Å². The summed E-state index contributed by atoms with van der Waals surface area (Å²) in [6.07, 6.45) is 0.710. The highest BCUT2D eigenvalue weighted by Crippen LogP contribution is 2.34. The highest BCUT2D eigenvalue weighted by molar-refractivity contribution is 7.13. The van der Waals surface area contributed by atoms with Gasteiger partial charge in [-0.2, -0.15) is 0 Å². The van der Waals surface area contributed by atoms with Gasteiger partial charge in [0.25, 0.3) is 0 Å². The second kappa shape index (κ2) is 26.1. The highest BCUT2D eigenvalue weighted by atomic mass is 35.5. The zero-order valence-electron chi connectivity index (χ0n) is 42.7. The van der Waals surface area contributed by atoms with E-state index in [1.807, 2.05) is 106 Å². The number of aliphatic hydroxyl groups excluding tert-OH is 1. The molecule has 4 N–H and O–H groups in total. The molecule has 1 fully saturated rings. The molecule has 1 aliphatic rings. The minimum Gasteiger partial charge on any atom is -0.491 e. The topological polar surface area (TPSA) is 196 Å². The number of hydrogen-bond acceptors (Lipinski definition) is 14. The van der Waals surface area contributed by atoms with E-state index in [9.17, 15) is 23.9 Å². The number of likely N-dealkylation sites (tertiary alicyclic amines) is 1. The molecule has 1 saturated heterocycles. The van der Waals surface area contributed by atoms with Crippen molar-refractivity contribution in [2.24, 2.45) is 5.41 Å². The summed E-state index contributed by atoms with van der Waals surface area (Å²) >= 11 is 8.13. The lowest BCUT2D eigenvalue weighted by Crippen LogP contribution is -2.58. The number of benzene rings is 5. The van der Waals surface area contributed by atoms with Crippen molar-refractivity contribution in [2.45, 2.75) is 65.5 Å². The van der Waals surface area contributed by atoms with Gasteiger partial charge in [-0.25, -0.2) is 19.3 Å². The number of aliphatic hydroxyl groups is 1. The Labute approximate surface area is 449 Å². The van der Waals surface area contributed by atoms with Gasteiger partial charge >= 0.3 is 0 Å². The van der Waals surface area contributed by atoms with Gasteiger partial charge in [0.05, 0.1) is 65.8 Å². The van der Waals surface area contributed by atoms with Crippen LogP contribution in [0.2, 0.25) is 5.02 Å². The summed E-state index contributed by atoms with van der Waals surface area (Å²) in [5, 5.41) is 20.8. The summed E-state index contributed by atoms with van der Waals surface area (Å²) < 4.78 is 42.2. The molecule has 3 amide bonds. The minimum absolute atomic E-state index is 0.0243. The summed E-state index contributed by atoms with van der Waals surface area (Å²) in [5.41, 5.74) is 8.09. The number of nitrogens with one attached hydrogen (secondary N) is 3. The third-order valence-corrected chi connectivity index (χ3v) is 13.8. The Balaban J connectivity index is 0.705. The van der Waals surface area contributed by atoms with Crippen LogP contribution >= 0.6 is 22.9 Å². The molecule has 16 nitrogen and oxygen atoms in total. The quantitative estimate of drug-likeness (QED) is 0.0419. The van der Waals surface area contributed by atoms with E-state index < -0.39 is 35.4 Å². The number of β-amino-alcohol motifs (C(OH)–C–C–N with tert-alkyl or cyclic N) is 1. The number of rotatable bonds is 24. The molecule has 1 aliphatic heterocycles. The highest BCUT2D eigenvalue weighted by Gasteiger charge is 2.44. The molecule has 0 saturated carbocycles. The summed E-state index contributed by atoms with van der Waals surface area (Å²) in [4.78, 5) is 56.2. The fraction of sp³-hybridized carbons (Fsp3) is 0.333. The average molecular weight is 1070 g/mol. The number of amides is 3. The van der Waals surface area contributed by atoms with Crippen LogP contribution in [0.3, 0.4) is 0 Å². The van der Waals surface area contributed by atoms with Crippen LogP contribution in [0, 0.1) is 18.2 Å². The van der Waals surface area contributed by atoms with Crippen LogP contribution in [-0.2, 0) is 41.7 Å². The number of anilines is 2. The van der Waals surface area contributed by atoms with Crippen molar-refractivity contribution in [1.29, 1.82) is 0 Å². The Bertz CT molecular complexity index is 3090. The van der Waals surface area contributed by atoms with Crippen molar-refractivity contribution in [1.82, 2.24) is 30.5 Å². The Hall–Kier alpha value is -7.06. The maximum Gasteiger partial charge on any atom is 0.246 e. The second-order valence-corrected chi connectivity index (χ2v) is 20.5. The molecular weight excluding hydrogens is 1010 g/mol. The van der Waals surface area contributed by atoms with Crippen molar-refractivity contribution < 1.29 is 47.6 Å². The van der Waals surface area contributed by atoms with E-state index in [0.717, 1.165) is 43.7 Å². The molecular formula is C57H61ClFN7O9S. The van der Waals surface area contributed by atoms with Gasteiger partial charge in [-0.3, -0.25) is 14.4 Å². The predicted molar refractivity (Wildman–Crippen MR) is 290 cm³/mol. The number of thiazole rings is 1. The number of fused-ring (bicyclic) bond motifs is 1. The van der Waals surface area contributed by atoms with Crippen LogP contribution < -0.4 is 25.4 Å². The number of aromatic nitrogens is 3. The number of halogens is 2. The molecule has 3 heterocycles. The Kier molecular flexibility index (Phi) is 19.0. The molecule has 0 bridgehead atoms. The van der Waals surface area contributed by atoms with Crippen molar-refractivity contribution in [3.63, 3.8) is 0 Å². The Morgan fingerprint density at radius 1 is 0.816 bits per heavy atom. The van der Waals surface area contributed by atoms with Gasteiger partial charge in [0, 0.05) is 30.6 Å². The Morgan fingerprint density at radius 2 is 1.54 bits per heavy atom. The minimum atomic E-state index is -0.976. The van der Waals surface area contributed by atoms with E-state index in [1.165, 1.54) is 23.4 Å². The van der Waals surface area contributed by atoms with Gasteiger partial charge in [-0.05, 0) is 94.8 Å². The molecule has 8 rings (SSSR count). The first-order valence-corrected chi connectivity index (χ1v) is 26.1. The lowest BCUT2D eigenvalue weighted by atomic mass is 9.85. The van der Waals surface area contributed by atoms with Crippen LogP contribution in [0.1, 0.15) is 44.0 Å². The molecule has 76 heavy (non-hydrogen) atoms. The van der Waals surface area contributed by atoms with Gasteiger partial charge < -0.3 is 49.6 Å². The van der Waals surface area contributed by atoms with Crippen molar-refractivity contribution in [3.8, 4) is 33.1 Å². The lowest BCUT2D eigenvalue weighted by molar-refractivity contribution is -0.144. The van der Waals surface area contributed by atoms with Crippen LogP contribution in [0.4, 0.5) is 15.9 Å². The fourth-order valence-electron chi connectivity index (χ4n) is 8.51. The number of carbonyl (C=O) groups is 3. The third-order valence-electron chi connectivity index (χ3n) is 12.5. The van der Waals surface area contributed by atoms with E-state index in [0.29, 0.717) is 60.0 Å². The van der Waals surface area contributed by atoms with Crippen molar-refractivity contribution >= 4 is 63.1 Å². The van der Waals surface area contributed by atoms with Gasteiger partial charge in [0.2, 0.25) is 17.7 Å². The smallest absolute Gasteiger partial charge is 0.246 e. The van der Waals surface area contributed by atoms with Crippen molar-refractivity contribution in [2.75, 3.05) is 58.1 Å². The largest absolute Gasteiger partial charge is 0.491 e. The molecule has 5 aromatic carbocycles. The second-order valence-electron chi connectivity index (χ2n) is 19.2. The third kappa shape index (κ3) is 15.1. The Morgan fingerprint density at radius 3 is 2.25 bits per heavy atom. The first kappa shape index (κ1) is 55.2. The van der Waals surface area contributed by atoms with E-state index in [4.69, 9.17) is 35.3 Å². The molecule has 19 heteroatoms. The maximum atomic E-state index is 14.0. The molecule has 0 aliphatic carbocycles. The number of aryl methyl sites for hydroxylation is 1. The molecule has 2 aromatic heterocycles. The standard InChI is InChI=1S/C57H61ClFN7O9S/c1-36-52(76-35-63-36)40-10-8-37(9-11-40)30-60-55(69)49-29-44(67)31-66(49)56(70)53(57(2,3)4)65-51(68)33-73-23-22-71-20-21-72-24-25-74-45-16-12-39(13-17-45)41-14-18-48-46(27-41)54(62-34-61-48)64-43-15-19-50(47(58)28-43)75-32-38-6-5-7-42(59)26-38/h5-19,26-28,34-35,44,49,53,67H,20-25,29-33H2,1-4H3,(H,60,69)(H,65,68)(H,61,62,64)/t44-,49+,53-/m1/s1. The number of carbonyl (C=O) groups excluding carboxylic acids is 3. The average Bonchev–Trinajstić information content (AvgIpc) is 4.03. The molecule has 7 aromatic rings. The molecule has 3 atom stereocenters. The van der Waals surface area contributed by atoms with Gasteiger partial charge in [0.1, 0.15) is 61.4 Å². The predicted octanol–water partition coefficient (Wildman–Crippen LogP) is 9.08. The van der Waals surface area contributed by atoms with E-state index in [1.54, 1.807) is 35.6 Å². The monoisotopic (exact) mass is 1070 g/mol. The molecule has 0 spiro atoms. The lowest BCUT2D eigenvalue weighted by Gasteiger charge is -2.35. The molecule has 0 radical (unpaired) electrons. The zero-order chi connectivity index (χ0) is 53.6.